The molecule has 0 spiro atoms. The van der Waals surface area contributed by atoms with Gasteiger partial charge in [0.1, 0.15) is 0 Å². The van der Waals surface area contributed by atoms with Crippen molar-refractivity contribution in [3.05, 3.63) is 0 Å². The fraction of sp³-hybridized carbons (Fsp3) is 0.800. The number of carbonyl (C=O) groups excluding carboxylic acids is 1. The van der Waals surface area contributed by atoms with Crippen LogP contribution in [0.5, 0.6) is 0 Å². The molecule has 1 fully saturated rings. The summed E-state index contributed by atoms with van der Waals surface area (Å²) in [5.74, 6) is 0. The molecule has 0 radical (unpaired) electrons. The Morgan fingerprint density at radius 2 is 1.93 bits per heavy atom. The summed E-state index contributed by atoms with van der Waals surface area (Å²) in [7, 11) is 3.50. The molecule has 1 aliphatic rings. The molecule has 0 aromatic carbocycles. The Hall–Kier alpha value is -1.24. The average Bonchev–Trinajstić information content (AvgIpc) is 2.18. The summed E-state index contributed by atoms with van der Waals surface area (Å²) in [6.07, 6.45) is 1.56. The van der Waals surface area contributed by atoms with Gasteiger partial charge in [0, 0.05) is 27.2 Å². The summed E-state index contributed by atoms with van der Waals surface area (Å²) >= 11 is 0. The van der Waals surface area contributed by atoms with Gasteiger partial charge in [0.2, 0.25) is 0 Å². The maximum Gasteiger partial charge on any atom is 0.319 e. The Kier molecular flexibility index (Phi) is 3.00. The molecule has 0 saturated carbocycles. The number of hydrogen-bond acceptors (Lipinski definition) is 2. The molecule has 0 atom stereocenters. The number of nitrogens with zero attached hydrogens (tertiary/aromatic N) is 3. The number of carbonyl (C=O) groups is 1. The van der Waals surface area contributed by atoms with Gasteiger partial charge < -0.3 is 9.80 Å². The van der Waals surface area contributed by atoms with Crippen LogP contribution in [0.2, 0.25) is 0 Å². The maximum absolute atomic E-state index is 11.6. The van der Waals surface area contributed by atoms with E-state index in [1.807, 2.05) is 6.92 Å². The van der Waals surface area contributed by atoms with Gasteiger partial charge >= 0.3 is 6.03 Å². The van der Waals surface area contributed by atoms with Crippen LogP contribution in [0.3, 0.4) is 0 Å². The molecule has 1 aliphatic heterocycles. The molecule has 1 heterocycles. The summed E-state index contributed by atoms with van der Waals surface area (Å²) in [6.45, 7) is 3.35. The SMILES string of the molecule is CN(C)C(=O)N1CCC(C)(C#N)CC1. The first kappa shape index (κ1) is 10.8. The van der Waals surface area contributed by atoms with Gasteiger partial charge in [-0.3, -0.25) is 0 Å². The molecular weight excluding hydrogens is 178 g/mol. The van der Waals surface area contributed by atoms with Crippen LogP contribution in [-0.2, 0) is 0 Å². The molecule has 2 amide bonds. The third-order valence-corrected chi connectivity index (χ3v) is 2.79. The third kappa shape index (κ3) is 2.16. The van der Waals surface area contributed by atoms with Gasteiger partial charge in [0.25, 0.3) is 0 Å². The molecule has 0 N–H and O–H groups in total. The molecule has 0 unspecified atom stereocenters. The first-order valence-electron chi connectivity index (χ1n) is 4.86. The van der Waals surface area contributed by atoms with Crippen LogP contribution in [0.4, 0.5) is 4.79 Å². The van der Waals surface area contributed by atoms with Gasteiger partial charge in [-0.05, 0) is 19.8 Å². The van der Waals surface area contributed by atoms with E-state index >= 15 is 0 Å². The first-order chi connectivity index (χ1) is 6.48. The number of nitriles is 1. The van der Waals surface area contributed by atoms with E-state index < -0.39 is 0 Å². The molecule has 0 aliphatic carbocycles. The molecule has 1 rings (SSSR count). The van der Waals surface area contributed by atoms with Crippen molar-refractivity contribution in [2.75, 3.05) is 27.2 Å². The van der Waals surface area contributed by atoms with E-state index in [0.717, 1.165) is 12.8 Å². The van der Waals surface area contributed by atoms with E-state index in [-0.39, 0.29) is 11.4 Å². The van der Waals surface area contributed by atoms with E-state index in [9.17, 15) is 4.79 Å². The monoisotopic (exact) mass is 195 g/mol. The van der Waals surface area contributed by atoms with Crippen LogP contribution in [0.1, 0.15) is 19.8 Å². The lowest BCUT2D eigenvalue weighted by Crippen LogP contribution is -2.45. The Balaban J connectivity index is 2.52. The van der Waals surface area contributed by atoms with Gasteiger partial charge in [-0.25, -0.2) is 4.79 Å². The topological polar surface area (TPSA) is 47.3 Å². The number of hydrogen-bond donors (Lipinski definition) is 0. The van der Waals surface area contributed by atoms with Gasteiger partial charge in [-0.1, -0.05) is 0 Å². The number of amides is 2. The Labute approximate surface area is 85.1 Å². The van der Waals surface area contributed by atoms with Crippen molar-refractivity contribution in [3.63, 3.8) is 0 Å². The summed E-state index contributed by atoms with van der Waals surface area (Å²) in [5.41, 5.74) is -0.233. The second-order valence-electron chi connectivity index (χ2n) is 4.34. The lowest BCUT2D eigenvalue weighted by molar-refractivity contribution is 0.136. The van der Waals surface area contributed by atoms with E-state index in [1.165, 1.54) is 0 Å². The van der Waals surface area contributed by atoms with Crippen molar-refractivity contribution in [3.8, 4) is 6.07 Å². The van der Waals surface area contributed by atoms with Crippen molar-refractivity contribution in [2.24, 2.45) is 5.41 Å². The summed E-state index contributed by atoms with van der Waals surface area (Å²) in [4.78, 5) is 14.9. The highest BCUT2D eigenvalue weighted by Gasteiger charge is 2.32. The van der Waals surface area contributed by atoms with E-state index in [1.54, 1.807) is 23.9 Å². The largest absolute Gasteiger partial charge is 0.331 e. The zero-order chi connectivity index (χ0) is 10.8. The van der Waals surface area contributed by atoms with E-state index in [2.05, 4.69) is 6.07 Å². The summed E-state index contributed by atoms with van der Waals surface area (Å²) in [5, 5.41) is 8.92. The predicted octanol–water partition coefficient (Wildman–Crippen LogP) is 1.29. The van der Waals surface area contributed by atoms with Crippen LogP contribution in [-0.4, -0.2) is 43.0 Å². The molecule has 1 saturated heterocycles. The van der Waals surface area contributed by atoms with Crippen LogP contribution in [0.25, 0.3) is 0 Å². The minimum atomic E-state index is -0.233. The fourth-order valence-electron chi connectivity index (χ4n) is 1.59. The maximum atomic E-state index is 11.6. The summed E-state index contributed by atoms with van der Waals surface area (Å²) in [6, 6.07) is 2.36. The van der Waals surface area contributed by atoms with Crippen molar-refractivity contribution in [1.82, 2.24) is 9.80 Å². The second kappa shape index (κ2) is 3.87. The predicted molar refractivity (Wildman–Crippen MR) is 53.6 cm³/mol. The zero-order valence-corrected chi connectivity index (χ0v) is 9.08. The molecule has 0 aromatic rings. The average molecular weight is 195 g/mol. The molecule has 14 heavy (non-hydrogen) atoms. The highest BCUT2D eigenvalue weighted by Crippen LogP contribution is 2.29. The Morgan fingerprint density at radius 1 is 1.43 bits per heavy atom. The third-order valence-electron chi connectivity index (χ3n) is 2.79. The first-order valence-corrected chi connectivity index (χ1v) is 4.86. The van der Waals surface area contributed by atoms with Crippen molar-refractivity contribution >= 4 is 6.03 Å². The zero-order valence-electron chi connectivity index (χ0n) is 9.08. The van der Waals surface area contributed by atoms with Crippen LogP contribution < -0.4 is 0 Å². The number of piperidine rings is 1. The fourth-order valence-corrected chi connectivity index (χ4v) is 1.59. The molecule has 0 bridgehead atoms. The van der Waals surface area contributed by atoms with Gasteiger partial charge in [-0.2, -0.15) is 5.26 Å². The van der Waals surface area contributed by atoms with Crippen molar-refractivity contribution in [2.45, 2.75) is 19.8 Å². The molecule has 4 heteroatoms. The lowest BCUT2D eigenvalue weighted by atomic mass is 9.82. The highest BCUT2D eigenvalue weighted by atomic mass is 16.2. The second-order valence-corrected chi connectivity index (χ2v) is 4.34. The van der Waals surface area contributed by atoms with Crippen LogP contribution >= 0.6 is 0 Å². The smallest absolute Gasteiger partial charge is 0.319 e. The van der Waals surface area contributed by atoms with Gasteiger partial charge in [-0.15, -0.1) is 0 Å². The van der Waals surface area contributed by atoms with E-state index in [0.29, 0.717) is 13.1 Å². The minimum absolute atomic E-state index is 0.0463. The summed E-state index contributed by atoms with van der Waals surface area (Å²) < 4.78 is 0. The standard InChI is InChI=1S/C10H17N3O/c1-10(8-11)4-6-13(7-5-10)9(14)12(2)3/h4-7H2,1-3H3. The van der Waals surface area contributed by atoms with Crippen molar-refractivity contribution < 1.29 is 4.79 Å². The quantitative estimate of drug-likeness (QED) is 0.584. The van der Waals surface area contributed by atoms with Gasteiger partial charge in [0.15, 0.2) is 0 Å². The minimum Gasteiger partial charge on any atom is -0.331 e. The molecular formula is C10H17N3O. The van der Waals surface area contributed by atoms with Crippen molar-refractivity contribution in [1.29, 1.82) is 5.26 Å². The van der Waals surface area contributed by atoms with Gasteiger partial charge in [0.05, 0.1) is 11.5 Å². The molecule has 4 nitrogen and oxygen atoms in total. The Morgan fingerprint density at radius 3 is 2.29 bits per heavy atom. The highest BCUT2D eigenvalue weighted by molar-refractivity contribution is 5.73. The van der Waals surface area contributed by atoms with Crippen LogP contribution in [0.15, 0.2) is 0 Å². The molecule has 78 valence electrons. The number of urea groups is 1. The van der Waals surface area contributed by atoms with Crippen LogP contribution in [0, 0.1) is 16.7 Å². The Bertz CT molecular complexity index is 259. The lowest BCUT2D eigenvalue weighted by Gasteiger charge is -2.36. The normalized spacial score (nSPS) is 20.0. The molecule has 0 aromatic heterocycles. The number of likely N-dealkylation sites (tertiary alicyclic amines) is 1. The number of rotatable bonds is 0. The van der Waals surface area contributed by atoms with E-state index in [4.69, 9.17) is 5.26 Å².